The minimum Gasteiger partial charge on any atom is -0.354 e. The predicted molar refractivity (Wildman–Crippen MR) is 88.0 cm³/mol. The highest BCUT2D eigenvalue weighted by molar-refractivity contribution is 5.44. The second-order valence-corrected chi connectivity index (χ2v) is 6.74. The van der Waals surface area contributed by atoms with Crippen LogP contribution in [0, 0.1) is 5.41 Å². The Balaban J connectivity index is 2.22. The highest BCUT2D eigenvalue weighted by atomic mass is 15.3. The first-order valence-corrected chi connectivity index (χ1v) is 7.91. The van der Waals surface area contributed by atoms with E-state index in [1.54, 1.807) is 0 Å². The largest absolute Gasteiger partial charge is 0.354 e. The number of hydrogen-bond donors (Lipinski definition) is 2. The Morgan fingerprint density at radius 2 is 1.71 bits per heavy atom. The molecular weight excluding hydrogens is 264 g/mol. The molecule has 0 aromatic carbocycles. The number of nitrogens with one attached hydrogen (secondary N) is 2. The summed E-state index contributed by atoms with van der Waals surface area (Å²) in [6, 6.07) is 0.279. The Labute approximate surface area is 127 Å². The molecule has 118 valence electrons. The number of anilines is 3. The Morgan fingerprint density at radius 1 is 1.10 bits per heavy atom. The fourth-order valence-corrected chi connectivity index (χ4v) is 2.14. The SMILES string of the molecule is CCNc1nc(NC(C)C(C)(C)C)nc(N2CCCC2)n1. The van der Waals surface area contributed by atoms with Crippen molar-refractivity contribution in [3.8, 4) is 0 Å². The summed E-state index contributed by atoms with van der Waals surface area (Å²) < 4.78 is 0. The third-order valence-corrected chi connectivity index (χ3v) is 3.99. The molecule has 1 aliphatic heterocycles. The Bertz CT molecular complexity index is 462. The van der Waals surface area contributed by atoms with Gasteiger partial charge in [-0.25, -0.2) is 0 Å². The molecule has 0 saturated carbocycles. The highest BCUT2D eigenvalue weighted by Gasteiger charge is 2.22. The Kier molecular flexibility index (Phi) is 4.85. The molecule has 1 atom stereocenters. The fraction of sp³-hybridized carbons (Fsp3) is 0.800. The van der Waals surface area contributed by atoms with Gasteiger partial charge in [0.1, 0.15) is 0 Å². The molecule has 1 aromatic heterocycles. The van der Waals surface area contributed by atoms with Crippen LogP contribution >= 0.6 is 0 Å². The molecule has 6 heteroatoms. The van der Waals surface area contributed by atoms with Gasteiger partial charge < -0.3 is 15.5 Å². The molecule has 1 saturated heterocycles. The normalized spacial score (nSPS) is 16.9. The highest BCUT2D eigenvalue weighted by Crippen LogP contribution is 2.23. The zero-order chi connectivity index (χ0) is 15.5. The van der Waals surface area contributed by atoms with Gasteiger partial charge in [-0.3, -0.25) is 0 Å². The summed E-state index contributed by atoms with van der Waals surface area (Å²) in [6.45, 7) is 13.7. The van der Waals surface area contributed by atoms with E-state index in [0.29, 0.717) is 11.9 Å². The maximum Gasteiger partial charge on any atom is 0.231 e. The van der Waals surface area contributed by atoms with E-state index in [4.69, 9.17) is 0 Å². The molecule has 0 aliphatic carbocycles. The van der Waals surface area contributed by atoms with Crippen molar-refractivity contribution in [3.63, 3.8) is 0 Å². The average Bonchev–Trinajstić information content (AvgIpc) is 2.91. The van der Waals surface area contributed by atoms with Gasteiger partial charge in [-0.2, -0.15) is 15.0 Å². The molecule has 6 nitrogen and oxygen atoms in total. The van der Waals surface area contributed by atoms with Crippen LogP contribution in [0.5, 0.6) is 0 Å². The minimum absolute atomic E-state index is 0.152. The van der Waals surface area contributed by atoms with Crippen LogP contribution in [-0.4, -0.2) is 40.6 Å². The van der Waals surface area contributed by atoms with Crippen molar-refractivity contribution in [2.75, 3.05) is 35.2 Å². The van der Waals surface area contributed by atoms with Crippen molar-refractivity contribution in [2.45, 2.75) is 53.5 Å². The summed E-state index contributed by atoms with van der Waals surface area (Å²) in [7, 11) is 0. The van der Waals surface area contributed by atoms with E-state index < -0.39 is 0 Å². The summed E-state index contributed by atoms with van der Waals surface area (Å²) in [6.07, 6.45) is 2.42. The van der Waals surface area contributed by atoms with E-state index in [-0.39, 0.29) is 11.5 Å². The quantitative estimate of drug-likeness (QED) is 0.870. The van der Waals surface area contributed by atoms with Crippen LogP contribution in [0.4, 0.5) is 17.8 Å². The van der Waals surface area contributed by atoms with Gasteiger partial charge in [0.25, 0.3) is 0 Å². The monoisotopic (exact) mass is 292 g/mol. The van der Waals surface area contributed by atoms with Gasteiger partial charge in [0.2, 0.25) is 17.8 Å². The van der Waals surface area contributed by atoms with Crippen LogP contribution in [0.2, 0.25) is 0 Å². The van der Waals surface area contributed by atoms with Crippen molar-refractivity contribution >= 4 is 17.8 Å². The molecule has 0 amide bonds. The molecule has 1 aliphatic rings. The maximum absolute atomic E-state index is 4.60. The average molecular weight is 292 g/mol. The zero-order valence-corrected chi connectivity index (χ0v) is 13.9. The van der Waals surface area contributed by atoms with Crippen molar-refractivity contribution in [1.29, 1.82) is 0 Å². The lowest BCUT2D eigenvalue weighted by Gasteiger charge is -2.28. The number of nitrogens with zero attached hydrogens (tertiary/aromatic N) is 4. The van der Waals surface area contributed by atoms with E-state index in [0.717, 1.165) is 25.6 Å². The standard InChI is InChI=1S/C15H28N6/c1-6-16-12-18-13(17-11(2)15(3,4)5)20-14(19-12)21-9-7-8-10-21/h11H,6-10H2,1-5H3,(H2,16,17,18,19,20). The van der Waals surface area contributed by atoms with Crippen LogP contribution in [0.25, 0.3) is 0 Å². The van der Waals surface area contributed by atoms with Crippen molar-refractivity contribution in [2.24, 2.45) is 5.41 Å². The summed E-state index contributed by atoms with van der Waals surface area (Å²) in [5, 5.41) is 6.61. The number of hydrogen-bond acceptors (Lipinski definition) is 6. The topological polar surface area (TPSA) is 66.0 Å². The molecule has 1 fully saturated rings. The van der Waals surface area contributed by atoms with Crippen molar-refractivity contribution in [1.82, 2.24) is 15.0 Å². The smallest absolute Gasteiger partial charge is 0.231 e. The predicted octanol–water partition coefficient (Wildman–Crippen LogP) is 2.75. The number of rotatable bonds is 5. The summed E-state index contributed by atoms with van der Waals surface area (Å²) >= 11 is 0. The van der Waals surface area contributed by atoms with Crippen LogP contribution < -0.4 is 15.5 Å². The minimum atomic E-state index is 0.152. The van der Waals surface area contributed by atoms with Gasteiger partial charge in [-0.1, -0.05) is 20.8 Å². The van der Waals surface area contributed by atoms with E-state index >= 15 is 0 Å². The van der Waals surface area contributed by atoms with Gasteiger partial charge in [-0.15, -0.1) is 0 Å². The molecule has 0 spiro atoms. The van der Waals surface area contributed by atoms with Gasteiger partial charge in [0, 0.05) is 25.7 Å². The lowest BCUT2D eigenvalue weighted by Crippen LogP contribution is -2.32. The second kappa shape index (κ2) is 6.45. The summed E-state index contributed by atoms with van der Waals surface area (Å²) in [5.41, 5.74) is 0.152. The lowest BCUT2D eigenvalue weighted by atomic mass is 9.88. The van der Waals surface area contributed by atoms with Gasteiger partial charge in [0.15, 0.2) is 0 Å². The van der Waals surface area contributed by atoms with Crippen LogP contribution in [0.1, 0.15) is 47.5 Å². The molecule has 0 radical (unpaired) electrons. The van der Waals surface area contributed by atoms with Crippen LogP contribution in [0.15, 0.2) is 0 Å². The first-order valence-electron chi connectivity index (χ1n) is 7.91. The first-order chi connectivity index (χ1) is 9.90. The van der Waals surface area contributed by atoms with Gasteiger partial charge in [0.05, 0.1) is 0 Å². The third-order valence-electron chi connectivity index (χ3n) is 3.99. The third kappa shape index (κ3) is 4.19. The molecule has 1 unspecified atom stereocenters. The van der Waals surface area contributed by atoms with Crippen molar-refractivity contribution in [3.05, 3.63) is 0 Å². The molecule has 2 N–H and O–H groups in total. The van der Waals surface area contributed by atoms with Gasteiger partial charge in [-0.05, 0) is 32.1 Å². The summed E-state index contributed by atoms with van der Waals surface area (Å²) in [5.74, 6) is 2.09. The molecule has 0 bridgehead atoms. The molecule has 2 heterocycles. The second-order valence-electron chi connectivity index (χ2n) is 6.74. The fourth-order valence-electron chi connectivity index (χ4n) is 2.14. The van der Waals surface area contributed by atoms with Crippen molar-refractivity contribution < 1.29 is 0 Å². The number of aromatic nitrogens is 3. The molecular formula is C15H28N6. The van der Waals surface area contributed by atoms with E-state index in [9.17, 15) is 0 Å². The lowest BCUT2D eigenvalue weighted by molar-refractivity contribution is 0.358. The van der Waals surface area contributed by atoms with Gasteiger partial charge >= 0.3 is 0 Å². The van der Waals surface area contributed by atoms with E-state index in [2.05, 4.69) is 58.2 Å². The zero-order valence-electron chi connectivity index (χ0n) is 13.9. The van der Waals surface area contributed by atoms with Crippen LogP contribution in [0.3, 0.4) is 0 Å². The maximum atomic E-state index is 4.60. The summed E-state index contributed by atoms with van der Waals surface area (Å²) in [4.78, 5) is 15.8. The molecule has 1 aromatic rings. The van der Waals surface area contributed by atoms with E-state index in [1.807, 2.05) is 6.92 Å². The first kappa shape index (κ1) is 15.8. The van der Waals surface area contributed by atoms with Crippen LogP contribution in [-0.2, 0) is 0 Å². The molecule has 2 rings (SSSR count). The Hall–Kier alpha value is -1.59. The Morgan fingerprint density at radius 3 is 2.29 bits per heavy atom. The van der Waals surface area contributed by atoms with E-state index in [1.165, 1.54) is 12.8 Å². The molecule has 21 heavy (non-hydrogen) atoms.